The van der Waals surface area contributed by atoms with E-state index in [1.165, 1.54) is 4.90 Å². The molecular formula is C13H13F4NO2. The maximum Gasteiger partial charge on any atom is 0.419 e. The van der Waals surface area contributed by atoms with Crippen molar-refractivity contribution in [2.24, 2.45) is 0 Å². The molecule has 0 aromatic heterocycles. The van der Waals surface area contributed by atoms with Gasteiger partial charge in [-0.2, -0.15) is 13.2 Å². The van der Waals surface area contributed by atoms with Crippen molar-refractivity contribution >= 4 is 5.91 Å². The van der Waals surface area contributed by atoms with Crippen molar-refractivity contribution < 1.29 is 27.5 Å². The van der Waals surface area contributed by atoms with E-state index in [9.17, 15) is 22.4 Å². The van der Waals surface area contributed by atoms with Crippen molar-refractivity contribution in [1.29, 1.82) is 0 Å². The molecule has 1 amide bonds. The van der Waals surface area contributed by atoms with Gasteiger partial charge in [0.1, 0.15) is 5.82 Å². The molecule has 1 aromatic carbocycles. The van der Waals surface area contributed by atoms with Crippen LogP contribution in [0.5, 0.6) is 0 Å². The fourth-order valence-electron chi connectivity index (χ4n) is 2.36. The predicted octanol–water partition coefficient (Wildman–Crippen LogP) is 2.44. The Balaban J connectivity index is 2.36. The average Bonchev–Trinajstić information content (AvgIpc) is 2.85. The van der Waals surface area contributed by atoms with Crippen LogP contribution in [-0.4, -0.2) is 35.1 Å². The molecule has 1 aliphatic heterocycles. The Morgan fingerprint density at radius 2 is 2.10 bits per heavy atom. The molecule has 20 heavy (non-hydrogen) atoms. The zero-order valence-electron chi connectivity index (χ0n) is 10.5. The number of nitrogens with zero attached hydrogens (tertiary/aromatic N) is 1. The van der Waals surface area contributed by atoms with Crippen molar-refractivity contribution in [1.82, 2.24) is 4.90 Å². The number of carbonyl (C=O) groups is 1. The van der Waals surface area contributed by atoms with Crippen molar-refractivity contribution in [2.45, 2.75) is 25.1 Å². The number of aliphatic hydroxyl groups is 1. The van der Waals surface area contributed by atoms with Gasteiger partial charge in [-0.15, -0.1) is 0 Å². The summed E-state index contributed by atoms with van der Waals surface area (Å²) in [6.45, 7) is 0.0199. The topological polar surface area (TPSA) is 40.5 Å². The van der Waals surface area contributed by atoms with Gasteiger partial charge in [-0.25, -0.2) is 4.39 Å². The van der Waals surface area contributed by atoms with E-state index in [0.717, 1.165) is 12.1 Å². The number of benzene rings is 1. The Kier molecular flexibility index (Phi) is 3.99. The summed E-state index contributed by atoms with van der Waals surface area (Å²) >= 11 is 0. The highest BCUT2D eigenvalue weighted by Gasteiger charge is 2.37. The lowest BCUT2D eigenvalue weighted by atomic mass is 10.1. The number of amides is 1. The molecule has 0 bridgehead atoms. The van der Waals surface area contributed by atoms with Crippen LogP contribution < -0.4 is 0 Å². The molecule has 2 rings (SSSR count). The Hall–Kier alpha value is -1.63. The number of likely N-dealkylation sites (tertiary alicyclic amines) is 1. The second-order valence-electron chi connectivity index (χ2n) is 4.64. The zero-order chi connectivity index (χ0) is 14.9. The fraction of sp³-hybridized carbons (Fsp3) is 0.462. The van der Waals surface area contributed by atoms with E-state index in [1.54, 1.807) is 0 Å². The van der Waals surface area contributed by atoms with Crippen molar-refractivity contribution in [2.75, 3.05) is 13.2 Å². The zero-order valence-corrected chi connectivity index (χ0v) is 10.5. The van der Waals surface area contributed by atoms with Crippen LogP contribution in [0.4, 0.5) is 17.6 Å². The third-order valence-electron chi connectivity index (χ3n) is 3.38. The summed E-state index contributed by atoms with van der Waals surface area (Å²) in [6.07, 6.45) is -3.65. The normalized spacial score (nSPS) is 19.4. The van der Waals surface area contributed by atoms with Gasteiger partial charge in [0.2, 0.25) is 0 Å². The maximum atomic E-state index is 13.9. The summed E-state index contributed by atoms with van der Waals surface area (Å²) in [5.41, 5.74) is -2.07. The Labute approximate surface area is 112 Å². The molecule has 0 unspecified atom stereocenters. The monoisotopic (exact) mass is 291 g/mol. The van der Waals surface area contributed by atoms with E-state index in [-0.39, 0.29) is 6.61 Å². The SMILES string of the molecule is O=C(c1cccc(C(F)(F)F)c1F)N1CCC[C@H]1CO. The quantitative estimate of drug-likeness (QED) is 0.850. The highest BCUT2D eigenvalue weighted by Crippen LogP contribution is 2.33. The van der Waals surface area contributed by atoms with Crippen LogP contribution in [0.2, 0.25) is 0 Å². The summed E-state index contributed by atoms with van der Waals surface area (Å²) < 4.78 is 51.7. The molecule has 1 N–H and O–H groups in total. The van der Waals surface area contributed by atoms with Gasteiger partial charge in [0.05, 0.1) is 23.8 Å². The lowest BCUT2D eigenvalue weighted by Gasteiger charge is -2.23. The smallest absolute Gasteiger partial charge is 0.394 e. The molecule has 0 aliphatic carbocycles. The summed E-state index contributed by atoms with van der Waals surface area (Å²) in [5, 5.41) is 9.12. The summed E-state index contributed by atoms with van der Waals surface area (Å²) in [7, 11) is 0. The van der Waals surface area contributed by atoms with Crippen molar-refractivity contribution in [3.8, 4) is 0 Å². The maximum absolute atomic E-state index is 13.9. The standard InChI is InChI=1S/C13H13F4NO2/c14-11-9(4-1-5-10(11)13(15,16)17)12(20)18-6-2-3-8(18)7-19/h1,4-5,8,19H,2-3,6-7H2/t8-/m0/s1. The first-order valence-electron chi connectivity index (χ1n) is 6.13. The number of halogens is 4. The van der Waals surface area contributed by atoms with Crippen molar-refractivity contribution in [3.63, 3.8) is 0 Å². The highest BCUT2D eigenvalue weighted by molar-refractivity contribution is 5.95. The van der Waals surface area contributed by atoms with Crippen LogP contribution in [0.1, 0.15) is 28.8 Å². The molecule has 0 spiro atoms. The Morgan fingerprint density at radius 1 is 1.40 bits per heavy atom. The van der Waals surface area contributed by atoms with E-state index in [4.69, 9.17) is 5.11 Å². The summed E-state index contributed by atoms with van der Waals surface area (Å²) in [6, 6.07) is 2.17. The van der Waals surface area contributed by atoms with Gasteiger partial charge in [-0.3, -0.25) is 4.79 Å². The van der Waals surface area contributed by atoms with E-state index in [2.05, 4.69) is 0 Å². The van der Waals surface area contributed by atoms with E-state index < -0.39 is 35.1 Å². The molecule has 3 nitrogen and oxygen atoms in total. The number of hydrogen-bond acceptors (Lipinski definition) is 2. The molecule has 1 aromatic rings. The van der Waals surface area contributed by atoms with Crippen LogP contribution in [0.3, 0.4) is 0 Å². The van der Waals surface area contributed by atoms with Gasteiger partial charge in [-0.05, 0) is 25.0 Å². The predicted molar refractivity (Wildman–Crippen MR) is 62.5 cm³/mol. The first-order chi connectivity index (χ1) is 9.36. The lowest BCUT2D eigenvalue weighted by molar-refractivity contribution is -0.140. The van der Waals surface area contributed by atoms with E-state index in [0.29, 0.717) is 25.5 Å². The second-order valence-corrected chi connectivity index (χ2v) is 4.64. The molecule has 1 saturated heterocycles. The molecule has 1 aliphatic rings. The molecule has 0 saturated carbocycles. The fourth-order valence-corrected chi connectivity index (χ4v) is 2.36. The molecule has 1 atom stereocenters. The molecular weight excluding hydrogens is 278 g/mol. The van der Waals surface area contributed by atoms with Gasteiger partial charge in [0, 0.05) is 6.54 Å². The van der Waals surface area contributed by atoms with Gasteiger partial charge in [0.15, 0.2) is 0 Å². The summed E-state index contributed by atoms with van der Waals surface area (Å²) in [5.74, 6) is -2.38. The van der Waals surface area contributed by atoms with Crippen LogP contribution >= 0.6 is 0 Å². The lowest BCUT2D eigenvalue weighted by Crippen LogP contribution is -2.38. The molecule has 110 valence electrons. The minimum atomic E-state index is -4.85. The van der Waals surface area contributed by atoms with E-state index in [1.807, 2.05) is 0 Å². The third kappa shape index (κ3) is 2.63. The van der Waals surface area contributed by atoms with Crippen LogP contribution in [0.15, 0.2) is 18.2 Å². The van der Waals surface area contributed by atoms with Gasteiger partial charge in [-0.1, -0.05) is 6.07 Å². The second kappa shape index (κ2) is 5.40. The number of hydrogen-bond donors (Lipinski definition) is 1. The first kappa shape index (κ1) is 14.8. The van der Waals surface area contributed by atoms with Gasteiger partial charge in [0.25, 0.3) is 5.91 Å². The number of alkyl halides is 3. The third-order valence-corrected chi connectivity index (χ3v) is 3.38. The van der Waals surface area contributed by atoms with Gasteiger partial charge < -0.3 is 10.0 Å². The molecule has 0 radical (unpaired) electrons. The molecule has 1 heterocycles. The molecule has 7 heteroatoms. The van der Waals surface area contributed by atoms with Crippen LogP contribution in [-0.2, 0) is 6.18 Å². The largest absolute Gasteiger partial charge is 0.419 e. The average molecular weight is 291 g/mol. The number of aliphatic hydroxyl groups excluding tert-OH is 1. The highest BCUT2D eigenvalue weighted by atomic mass is 19.4. The van der Waals surface area contributed by atoms with Crippen LogP contribution in [0.25, 0.3) is 0 Å². The minimum absolute atomic E-state index is 0.285. The number of carbonyl (C=O) groups excluding carboxylic acids is 1. The summed E-state index contributed by atoms with van der Waals surface area (Å²) in [4.78, 5) is 13.3. The molecule has 1 fully saturated rings. The van der Waals surface area contributed by atoms with Gasteiger partial charge >= 0.3 is 6.18 Å². The number of rotatable bonds is 2. The Morgan fingerprint density at radius 3 is 2.70 bits per heavy atom. The Bertz CT molecular complexity index is 516. The first-order valence-corrected chi connectivity index (χ1v) is 6.13. The van der Waals surface area contributed by atoms with E-state index >= 15 is 0 Å². The van der Waals surface area contributed by atoms with Crippen LogP contribution in [0, 0.1) is 5.82 Å². The van der Waals surface area contributed by atoms with Crippen molar-refractivity contribution in [3.05, 3.63) is 35.1 Å². The minimum Gasteiger partial charge on any atom is -0.394 e.